The van der Waals surface area contributed by atoms with Gasteiger partial charge in [0, 0.05) is 13.2 Å². The maximum atomic E-state index is 12.5. The fourth-order valence-electron chi connectivity index (χ4n) is 2.19. The predicted molar refractivity (Wildman–Crippen MR) is 83.6 cm³/mol. The Kier molecular flexibility index (Phi) is 4.02. The number of nitrogens with two attached hydrogens (primary N) is 1. The molecule has 1 aromatic carbocycles. The van der Waals surface area contributed by atoms with Crippen LogP contribution in [0.5, 0.6) is 0 Å². The van der Waals surface area contributed by atoms with Gasteiger partial charge in [0.25, 0.3) is 0 Å². The highest BCUT2D eigenvalue weighted by molar-refractivity contribution is 7.58. The van der Waals surface area contributed by atoms with Crippen molar-refractivity contribution in [2.24, 2.45) is 14.5 Å². The van der Waals surface area contributed by atoms with Crippen molar-refractivity contribution >= 4 is 57.5 Å². The number of carbonyl (C=O) groups excluding carboxylic acids is 1. The van der Waals surface area contributed by atoms with Crippen LogP contribution >= 0.6 is 23.2 Å². The normalized spacial score (nSPS) is 19.0. The van der Waals surface area contributed by atoms with Gasteiger partial charge in [0.15, 0.2) is 0 Å². The molecule has 3 N–H and O–H groups in total. The van der Waals surface area contributed by atoms with Crippen molar-refractivity contribution in [3.63, 3.8) is 0 Å². The average molecular weight is 347 g/mol. The molecule has 112 valence electrons. The molecule has 0 spiro atoms. The zero-order chi connectivity index (χ0) is 15.0. The summed E-state index contributed by atoms with van der Waals surface area (Å²) >= 11 is 13.2. The highest BCUT2D eigenvalue weighted by atomic mass is 35.5. The van der Waals surface area contributed by atoms with E-state index in [1.165, 1.54) is 6.07 Å². The Morgan fingerprint density at radius 2 is 1.95 bits per heavy atom. The second kappa shape index (κ2) is 5.66. The minimum Gasteiger partial charge on any atom is -0.381 e. The number of anilines is 1. The van der Waals surface area contributed by atoms with E-state index in [1.807, 2.05) is 0 Å². The highest BCUT2D eigenvalue weighted by Crippen LogP contribution is 2.47. The van der Waals surface area contributed by atoms with Crippen molar-refractivity contribution in [3.8, 4) is 0 Å². The molecule has 2 aliphatic heterocycles. The summed E-state index contributed by atoms with van der Waals surface area (Å²) in [6.07, 6.45) is 0.922. The zero-order valence-electron chi connectivity index (χ0n) is 10.9. The molecule has 0 aliphatic carbocycles. The van der Waals surface area contributed by atoms with Crippen LogP contribution in [0.2, 0.25) is 10.0 Å². The Morgan fingerprint density at radius 3 is 2.67 bits per heavy atom. The van der Waals surface area contributed by atoms with Crippen LogP contribution in [0.25, 0.3) is 0 Å². The van der Waals surface area contributed by atoms with Crippen molar-refractivity contribution < 1.29 is 9.53 Å². The number of halogens is 2. The average Bonchev–Trinajstić information content (AvgIpc) is 2.93. The Hall–Kier alpha value is -0.990. The number of hydrogen-bond acceptors (Lipinski definition) is 5. The highest BCUT2D eigenvalue weighted by Gasteiger charge is 2.37. The fourth-order valence-corrected chi connectivity index (χ4v) is 3.35. The van der Waals surface area contributed by atoms with Crippen LogP contribution in [-0.4, -0.2) is 24.7 Å². The molecular weight excluding hydrogens is 335 g/mol. The second-order valence-corrected chi connectivity index (χ2v) is 6.24. The molecule has 0 radical (unpaired) electrons. The van der Waals surface area contributed by atoms with Crippen molar-refractivity contribution in [2.45, 2.75) is 18.4 Å². The van der Waals surface area contributed by atoms with Crippen LogP contribution in [0.4, 0.5) is 17.1 Å². The van der Waals surface area contributed by atoms with E-state index in [0.29, 0.717) is 53.2 Å². The van der Waals surface area contributed by atoms with E-state index in [1.54, 1.807) is 0 Å². The van der Waals surface area contributed by atoms with Crippen LogP contribution in [0.15, 0.2) is 14.8 Å². The van der Waals surface area contributed by atoms with Gasteiger partial charge in [-0.3, -0.25) is 4.79 Å². The molecule has 1 saturated heterocycles. The van der Waals surface area contributed by atoms with Crippen LogP contribution in [0, 0.1) is 0 Å². The molecule has 1 amide bonds. The molecule has 6 nitrogen and oxygen atoms in total. The van der Waals surface area contributed by atoms with E-state index < -0.39 is 5.54 Å². The number of hydrogen-bond donors (Lipinski definition) is 2. The second-order valence-electron chi connectivity index (χ2n) is 4.90. The molecule has 9 heteroatoms. The number of nitrogens with one attached hydrogen (secondary N) is 1. The van der Waals surface area contributed by atoms with Gasteiger partial charge < -0.3 is 15.8 Å². The first kappa shape index (κ1) is 14.9. The van der Waals surface area contributed by atoms with Crippen molar-refractivity contribution in [1.82, 2.24) is 0 Å². The smallest absolute Gasteiger partial charge is 0.244 e. The standard InChI is InChI=1S/C12H12Cl2N4O2S/c13-6-5-7(14)9-10(18-21-17-9)8(6)16-11(19)12(15)1-3-20-4-2-12/h5H,1-4,15H2,(H,16,19). The third-order valence-corrected chi connectivity index (χ3v) is 4.63. The van der Waals surface area contributed by atoms with Crippen molar-refractivity contribution in [3.05, 3.63) is 16.1 Å². The van der Waals surface area contributed by atoms with Gasteiger partial charge in [-0.05, 0) is 18.9 Å². The summed E-state index contributed by atoms with van der Waals surface area (Å²) in [5, 5.41) is 3.48. The first-order valence-electron chi connectivity index (χ1n) is 6.29. The summed E-state index contributed by atoms with van der Waals surface area (Å²) in [4.78, 5) is 12.5. The number of amides is 1. The van der Waals surface area contributed by atoms with E-state index >= 15 is 0 Å². The maximum absolute atomic E-state index is 12.5. The van der Waals surface area contributed by atoms with Gasteiger partial charge in [0.2, 0.25) is 5.91 Å². The molecule has 0 bridgehead atoms. The Balaban J connectivity index is 1.91. The van der Waals surface area contributed by atoms with Crippen LogP contribution in [0.3, 0.4) is 0 Å². The van der Waals surface area contributed by atoms with E-state index in [-0.39, 0.29) is 5.91 Å². The predicted octanol–water partition coefficient (Wildman–Crippen LogP) is 3.17. The Bertz CT molecular complexity index is 682. The number of rotatable bonds is 2. The lowest BCUT2D eigenvalue weighted by molar-refractivity contribution is -0.124. The van der Waals surface area contributed by atoms with Crippen LogP contribution in [-0.2, 0) is 20.9 Å². The van der Waals surface area contributed by atoms with Crippen molar-refractivity contribution in [1.29, 1.82) is 0 Å². The van der Waals surface area contributed by atoms with Gasteiger partial charge in [-0.25, -0.2) is 0 Å². The molecule has 0 unspecified atom stereocenters. The molecule has 0 aromatic heterocycles. The lowest BCUT2D eigenvalue weighted by Crippen LogP contribution is -2.54. The Labute approximate surface area is 134 Å². The molecule has 2 aliphatic rings. The number of nitrogens with zero attached hydrogens (tertiary/aromatic N) is 2. The number of carbonyl (C=O) groups is 1. The first-order chi connectivity index (χ1) is 10.0. The number of ether oxygens (including phenoxy) is 1. The lowest BCUT2D eigenvalue weighted by Gasteiger charge is -2.32. The zero-order valence-corrected chi connectivity index (χ0v) is 13.2. The molecular formula is C12H12Cl2N4O2S. The van der Waals surface area contributed by atoms with E-state index in [2.05, 4.69) is 14.0 Å². The van der Waals surface area contributed by atoms with Gasteiger partial charge in [-0.1, -0.05) is 23.2 Å². The summed E-state index contributed by atoms with van der Waals surface area (Å²) in [6.45, 7) is 0.928. The molecule has 1 aromatic rings. The third-order valence-electron chi connectivity index (χ3n) is 3.52. The maximum Gasteiger partial charge on any atom is 0.244 e. The molecule has 1 fully saturated rings. The minimum absolute atomic E-state index is 0.302. The van der Waals surface area contributed by atoms with Crippen molar-refractivity contribution in [2.75, 3.05) is 18.5 Å². The summed E-state index contributed by atoms with van der Waals surface area (Å²) in [5.74, 6) is -0.302. The SMILES string of the molecule is NC1(C(=O)Nc2c(Cl)cc(Cl)c3c2N=S=N3)CCOCC1. The molecule has 2 heterocycles. The summed E-state index contributed by atoms with van der Waals surface area (Å²) in [6, 6.07) is 1.54. The fraction of sp³-hybridized carbons (Fsp3) is 0.417. The quantitative estimate of drug-likeness (QED) is 0.874. The summed E-state index contributed by atoms with van der Waals surface area (Å²) in [5.41, 5.74) is 6.58. The lowest BCUT2D eigenvalue weighted by atomic mass is 9.90. The van der Waals surface area contributed by atoms with E-state index in [4.69, 9.17) is 33.7 Å². The van der Waals surface area contributed by atoms with E-state index in [9.17, 15) is 4.79 Å². The summed E-state index contributed by atoms with van der Waals surface area (Å²) < 4.78 is 13.5. The van der Waals surface area contributed by atoms with Gasteiger partial charge in [0.05, 0.1) is 27.1 Å². The van der Waals surface area contributed by atoms with Crippen LogP contribution < -0.4 is 11.1 Å². The number of benzene rings is 1. The number of fused-ring (bicyclic) bond motifs is 1. The first-order valence-corrected chi connectivity index (χ1v) is 7.78. The molecule has 21 heavy (non-hydrogen) atoms. The largest absolute Gasteiger partial charge is 0.381 e. The third kappa shape index (κ3) is 2.72. The molecule has 0 saturated carbocycles. The molecule has 0 atom stereocenters. The van der Waals surface area contributed by atoms with Gasteiger partial charge in [-0.2, -0.15) is 8.73 Å². The van der Waals surface area contributed by atoms with Gasteiger partial charge >= 0.3 is 0 Å². The Morgan fingerprint density at radius 1 is 1.29 bits per heavy atom. The van der Waals surface area contributed by atoms with E-state index in [0.717, 1.165) is 11.4 Å². The minimum atomic E-state index is -0.961. The topological polar surface area (TPSA) is 89.1 Å². The molecule has 3 rings (SSSR count). The monoisotopic (exact) mass is 346 g/mol. The summed E-state index contributed by atoms with van der Waals surface area (Å²) in [7, 11) is 0. The van der Waals surface area contributed by atoms with Gasteiger partial charge in [-0.15, -0.1) is 0 Å². The van der Waals surface area contributed by atoms with Gasteiger partial charge in [0.1, 0.15) is 16.9 Å². The van der Waals surface area contributed by atoms with Crippen LogP contribution in [0.1, 0.15) is 12.8 Å².